The molecule has 0 saturated heterocycles. The average Bonchev–Trinajstić information content (AvgIpc) is 2.69. The Morgan fingerprint density at radius 2 is 2.54 bits per heavy atom. The van der Waals surface area contributed by atoms with Gasteiger partial charge in [0.2, 0.25) is 0 Å². The van der Waals surface area contributed by atoms with E-state index in [2.05, 4.69) is 20.3 Å². The summed E-state index contributed by atoms with van der Waals surface area (Å²) in [6.07, 6.45) is 3.30. The summed E-state index contributed by atoms with van der Waals surface area (Å²) in [6, 6.07) is 1.90. The van der Waals surface area contributed by atoms with Gasteiger partial charge in [-0.3, -0.25) is 4.99 Å². The summed E-state index contributed by atoms with van der Waals surface area (Å²) >= 11 is 1.76. The molecule has 1 aliphatic heterocycles. The Kier molecular flexibility index (Phi) is 2.76. The fourth-order valence-electron chi connectivity index (χ4n) is 1.03. The normalized spacial score (nSPS) is 15.5. The molecule has 0 aliphatic carbocycles. The molecule has 0 fully saturated rings. The van der Waals surface area contributed by atoms with E-state index in [1.807, 2.05) is 6.07 Å². The highest BCUT2D eigenvalue weighted by Crippen LogP contribution is 2.09. The molecule has 1 aliphatic rings. The van der Waals surface area contributed by atoms with E-state index in [0.717, 1.165) is 29.7 Å². The lowest BCUT2D eigenvalue weighted by Gasteiger charge is -2.02. The number of nitrogens with zero attached hydrogens (tertiary/aromatic N) is 3. The van der Waals surface area contributed by atoms with Crippen molar-refractivity contribution >= 4 is 16.9 Å². The molecule has 1 N–H and O–H groups in total. The van der Waals surface area contributed by atoms with Crippen molar-refractivity contribution in [3.8, 4) is 0 Å². The maximum absolute atomic E-state index is 4.28. The largest absolute Gasteiger partial charge is 0.359 e. The second kappa shape index (κ2) is 4.23. The zero-order valence-corrected chi connectivity index (χ0v) is 7.92. The van der Waals surface area contributed by atoms with Crippen molar-refractivity contribution in [1.82, 2.24) is 15.3 Å². The van der Waals surface area contributed by atoms with Gasteiger partial charge in [0, 0.05) is 11.9 Å². The SMILES string of the molecule is c1cc(CNC2=NCCS2)ncn1. The van der Waals surface area contributed by atoms with Crippen molar-refractivity contribution in [2.24, 2.45) is 4.99 Å². The van der Waals surface area contributed by atoms with E-state index >= 15 is 0 Å². The molecule has 13 heavy (non-hydrogen) atoms. The number of rotatable bonds is 2. The predicted molar refractivity (Wildman–Crippen MR) is 53.6 cm³/mol. The van der Waals surface area contributed by atoms with Gasteiger partial charge in [0.15, 0.2) is 5.17 Å². The van der Waals surface area contributed by atoms with Crippen LogP contribution in [0.1, 0.15) is 5.69 Å². The van der Waals surface area contributed by atoms with Crippen LogP contribution in [0.4, 0.5) is 0 Å². The Balaban J connectivity index is 1.86. The van der Waals surface area contributed by atoms with Crippen LogP contribution in [-0.4, -0.2) is 27.4 Å². The van der Waals surface area contributed by atoms with E-state index in [4.69, 9.17) is 0 Å². The van der Waals surface area contributed by atoms with Gasteiger partial charge < -0.3 is 5.32 Å². The zero-order valence-electron chi connectivity index (χ0n) is 7.10. The minimum absolute atomic E-state index is 0.731. The van der Waals surface area contributed by atoms with Gasteiger partial charge in [-0.1, -0.05) is 11.8 Å². The fraction of sp³-hybridized carbons (Fsp3) is 0.375. The third kappa shape index (κ3) is 2.42. The zero-order chi connectivity index (χ0) is 8.93. The summed E-state index contributed by atoms with van der Waals surface area (Å²) in [7, 11) is 0. The van der Waals surface area contributed by atoms with Crippen LogP contribution in [0.3, 0.4) is 0 Å². The maximum Gasteiger partial charge on any atom is 0.156 e. The molecular formula is C8H10N4S. The number of nitrogens with one attached hydrogen (secondary N) is 1. The lowest BCUT2D eigenvalue weighted by atomic mass is 10.4. The summed E-state index contributed by atoms with van der Waals surface area (Å²) in [5, 5.41) is 4.25. The monoisotopic (exact) mass is 194 g/mol. The van der Waals surface area contributed by atoms with Crippen LogP contribution in [0.15, 0.2) is 23.6 Å². The van der Waals surface area contributed by atoms with Gasteiger partial charge in [0.1, 0.15) is 6.33 Å². The van der Waals surface area contributed by atoms with Crippen LogP contribution in [0.2, 0.25) is 0 Å². The molecule has 2 heterocycles. The van der Waals surface area contributed by atoms with Gasteiger partial charge in [-0.25, -0.2) is 9.97 Å². The molecule has 2 rings (SSSR count). The molecule has 5 heteroatoms. The van der Waals surface area contributed by atoms with Crippen molar-refractivity contribution in [2.45, 2.75) is 6.54 Å². The Morgan fingerprint density at radius 1 is 1.54 bits per heavy atom. The summed E-state index contributed by atoms with van der Waals surface area (Å²) in [5.41, 5.74) is 0.991. The molecule has 0 spiro atoms. The highest BCUT2D eigenvalue weighted by atomic mass is 32.2. The smallest absolute Gasteiger partial charge is 0.156 e. The van der Waals surface area contributed by atoms with Crippen LogP contribution >= 0.6 is 11.8 Å². The molecule has 0 bridgehead atoms. The van der Waals surface area contributed by atoms with E-state index in [1.54, 1.807) is 24.3 Å². The van der Waals surface area contributed by atoms with Crippen LogP contribution in [0.5, 0.6) is 0 Å². The van der Waals surface area contributed by atoms with E-state index in [0.29, 0.717) is 0 Å². The Morgan fingerprint density at radius 3 is 3.23 bits per heavy atom. The third-order valence-corrected chi connectivity index (χ3v) is 2.58. The van der Waals surface area contributed by atoms with E-state index in [-0.39, 0.29) is 0 Å². The van der Waals surface area contributed by atoms with Gasteiger partial charge in [-0.2, -0.15) is 0 Å². The van der Waals surface area contributed by atoms with E-state index in [1.165, 1.54) is 0 Å². The average molecular weight is 194 g/mol. The molecular weight excluding hydrogens is 184 g/mol. The van der Waals surface area contributed by atoms with Crippen molar-refractivity contribution in [3.63, 3.8) is 0 Å². The van der Waals surface area contributed by atoms with Crippen molar-refractivity contribution in [2.75, 3.05) is 12.3 Å². The van der Waals surface area contributed by atoms with E-state index < -0.39 is 0 Å². The number of thioether (sulfide) groups is 1. The number of aliphatic imine (C=N–C) groups is 1. The van der Waals surface area contributed by atoms with Crippen molar-refractivity contribution < 1.29 is 0 Å². The Bertz CT molecular complexity index is 298. The summed E-state index contributed by atoms with van der Waals surface area (Å²) in [5.74, 6) is 1.09. The number of aromatic nitrogens is 2. The standard InChI is InChI=1S/C8H10N4S/c1-2-9-6-12-7(1)5-11-8-10-3-4-13-8/h1-2,6H,3-5H2,(H,10,11). The number of hydrogen-bond acceptors (Lipinski definition) is 5. The lowest BCUT2D eigenvalue weighted by Crippen LogP contribution is -2.18. The molecule has 0 atom stereocenters. The maximum atomic E-state index is 4.28. The first kappa shape index (κ1) is 8.50. The minimum atomic E-state index is 0.731. The quantitative estimate of drug-likeness (QED) is 0.751. The number of hydrogen-bond donors (Lipinski definition) is 1. The van der Waals surface area contributed by atoms with E-state index in [9.17, 15) is 0 Å². The van der Waals surface area contributed by atoms with Crippen LogP contribution in [0, 0.1) is 0 Å². The van der Waals surface area contributed by atoms with Crippen molar-refractivity contribution in [1.29, 1.82) is 0 Å². The first-order valence-electron chi connectivity index (χ1n) is 4.11. The third-order valence-electron chi connectivity index (χ3n) is 1.65. The molecule has 0 saturated carbocycles. The second-order valence-electron chi connectivity index (χ2n) is 2.59. The van der Waals surface area contributed by atoms with Gasteiger partial charge in [0.25, 0.3) is 0 Å². The fourth-order valence-corrected chi connectivity index (χ4v) is 1.76. The molecule has 4 nitrogen and oxygen atoms in total. The van der Waals surface area contributed by atoms with Gasteiger partial charge >= 0.3 is 0 Å². The lowest BCUT2D eigenvalue weighted by molar-refractivity contribution is 0.870. The Hall–Kier alpha value is -1.10. The predicted octanol–water partition coefficient (Wildman–Crippen LogP) is 0.669. The first-order valence-corrected chi connectivity index (χ1v) is 5.10. The summed E-state index contributed by atoms with van der Waals surface area (Å²) in [4.78, 5) is 12.2. The topological polar surface area (TPSA) is 50.2 Å². The second-order valence-corrected chi connectivity index (χ2v) is 3.67. The summed E-state index contributed by atoms with van der Waals surface area (Å²) in [6.45, 7) is 1.66. The molecule has 0 radical (unpaired) electrons. The van der Waals surface area contributed by atoms with Crippen LogP contribution < -0.4 is 5.32 Å². The molecule has 68 valence electrons. The van der Waals surface area contributed by atoms with Crippen molar-refractivity contribution in [3.05, 3.63) is 24.3 Å². The highest BCUT2D eigenvalue weighted by Gasteiger charge is 2.05. The van der Waals surface area contributed by atoms with Gasteiger partial charge in [0.05, 0.1) is 18.8 Å². The molecule has 1 aromatic rings. The first-order chi connectivity index (χ1) is 6.45. The van der Waals surface area contributed by atoms with Crippen LogP contribution in [0.25, 0.3) is 0 Å². The molecule has 0 aromatic carbocycles. The minimum Gasteiger partial charge on any atom is -0.359 e. The highest BCUT2D eigenvalue weighted by molar-refractivity contribution is 8.14. The Labute approximate surface area is 80.9 Å². The summed E-state index contributed by atoms with van der Waals surface area (Å²) < 4.78 is 0. The molecule has 0 amide bonds. The number of amidine groups is 1. The molecule has 1 aromatic heterocycles. The molecule has 0 unspecified atom stereocenters. The van der Waals surface area contributed by atoms with Gasteiger partial charge in [-0.05, 0) is 6.07 Å². The van der Waals surface area contributed by atoms with Crippen LogP contribution in [-0.2, 0) is 6.54 Å². The van der Waals surface area contributed by atoms with Gasteiger partial charge in [-0.15, -0.1) is 0 Å².